The van der Waals surface area contributed by atoms with Gasteiger partial charge in [-0.2, -0.15) is 0 Å². The highest BCUT2D eigenvalue weighted by Gasteiger charge is 2.33. The third-order valence-corrected chi connectivity index (χ3v) is 2.75. The zero-order valence-electron chi connectivity index (χ0n) is 8.50. The van der Waals surface area contributed by atoms with Gasteiger partial charge < -0.3 is 4.74 Å². The van der Waals surface area contributed by atoms with Crippen LogP contribution in [-0.2, 0) is 0 Å². The minimum Gasteiger partial charge on any atom is -0.493 e. The van der Waals surface area contributed by atoms with Crippen molar-refractivity contribution in [1.29, 1.82) is 0 Å². The standard InChI is InChI=1S/C12H16O/c1-12(2,3)10-8-13-11-7-5-4-6-9(10)11/h4-7,10H,8H2,1-3H3/t10-/m0/s1. The molecule has 0 N–H and O–H groups in total. The lowest BCUT2D eigenvalue weighted by Crippen LogP contribution is -2.19. The second-order valence-electron chi connectivity index (χ2n) is 4.77. The maximum atomic E-state index is 5.64. The first-order valence-corrected chi connectivity index (χ1v) is 4.81. The fourth-order valence-corrected chi connectivity index (χ4v) is 1.88. The van der Waals surface area contributed by atoms with Gasteiger partial charge in [0.05, 0.1) is 6.61 Å². The number of hydrogen-bond donors (Lipinski definition) is 0. The summed E-state index contributed by atoms with van der Waals surface area (Å²) in [6, 6.07) is 8.36. The van der Waals surface area contributed by atoms with Gasteiger partial charge in [0, 0.05) is 11.5 Å². The van der Waals surface area contributed by atoms with Gasteiger partial charge >= 0.3 is 0 Å². The summed E-state index contributed by atoms with van der Waals surface area (Å²) in [6.45, 7) is 7.64. The van der Waals surface area contributed by atoms with Crippen LogP contribution in [0, 0.1) is 5.41 Å². The summed E-state index contributed by atoms with van der Waals surface area (Å²) in [5.41, 5.74) is 1.67. The van der Waals surface area contributed by atoms with Crippen LogP contribution in [0.25, 0.3) is 0 Å². The molecule has 1 nitrogen and oxygen atoms in total. The number of rotatable bonds is 0. The molecule has 70 valence electrons. The SMILES string of the molecule is CC(C)(C)[C@H]1COc2ccccc21. The Bertz CT molecular complexity index is 309. The van der Waals surface area contributed by atoms with E-state index in [0.717, 1.165) is 12.4 Å². The van der Waals surface area contributed by atoms with E-state index < -0.39 is 0 Å². The lowest BCUT2D eigenvalue weighted by Gasteiger charge is -2.25. The maximum absolute atomic E-state index is 5.64. The third-order valence-electron chi connectivity index (χ3n) is 2.75. The van der Waals surface area contributed by atoms with Crippen molar-refractivity contribution in [2.75, 3.05) is 6.61 Å². The molecule has 1 aromatic carbocycles. The highest BCUT2D eigenvalue weighted by Crippen LogP contribution is 2.43. The molecule has 13 heavy (non-hydrogen) atoms. The van der Waals surface area contributed by atoms with Gasteiger partial charge in [-0.05, 0) is 11.5 Å². The van der Waals surface area contributed by atoms with E-state index in [9.17, 15) is 0 Å². The van der Waals surface area contributed by atoms with E-state index in [0.29, 0.717) is 11.3 Å². The maximum Gasteiger partial charge on any atom is 0.122 e. The molecule has 0 unspecified atom stereocenters. The molecule has 0 saturated carbocycles. The fourth-order valence-electron chi connectivity index (χ4n) is 1.88. The Labute approximate surface area is 79.7 Å². The van der Waals surface area contributed by atoms with Crippen LogP contribution in [0.5, 0.6) is 5.75 Å². The Morgan fingerprint density at radius 2 is 1.92 bits per heavy atom. The second-order valence-corrected chi connectivity index (χ2v) is 4.77. The molecule has 1 atom stereocenters. The number of para-hydroxylation sites is 1. The van der Waals surface area contributed by atoms with Crippen molar-refractivity contribution in [2.24, 2.45) is 5.41 Å². The zero-order valence-corrected chi connectivity index (χ0v) is 8.50. The summed E-state index contributed by atoms with van der Waals surface area (Å²) in [7, 11) is 0. The third kappa shape index (κ3) is 1.43. The summed E-state index contributed by atoms with van der Waals surface area (Å²) in [5.74, 6) is 1.62. The minimum atomic E-state index is 0.298. The first-order chi connectivity index (χ1) is 6.09. The van der Waals surface area contributed by atoms with Crippen LogP contribution in [0.3, 0.4) is 0 Å². The molecule has 1 aromatic rings. The number of fused-ring (bicyclic) bond motifs is 1. The molecular weight excluding hydrogens is 160 g/mol. The minimum absolute atomic E-state index is 0.298. The largest absolute Gasteiger partial charge is 0.493 e. The molecule has 0 spiro atoms. The van der Waals surface area contributed by atoms with E-state index in [2.05, 4.69) is 39.0 Å². The van der Waals surface area contributed by atoms with Gasteiger partial charge in [-0.1, -0.05) is 39.0 Å². The van der Waals surface area contributed by atoms with E-state index in [1.54, 1.807) is 0 Å². The van der Waals surface area contributed by atoms with Gasteiger partial charge in [-0.25, -0.2) is 0 Å². The Morgan fingerprint density at radius 3 is 2.62 bits per heavy atom. The van der Waals surface area contributed by atoms with Crippen LogP contribution in [-0.4, -0.2) is 6.61 Å². The topological polar surface area (TPSA) is 9.23 Å². The molecule has 0 aliphatic carbocycles. The Balaban J connectivity index is 2.39. The van der Waals surface area contributed by atoms with Gasteiger partial charge in [0.1, 0.15) is 5.75 Å². The summed E-state index contributed by atoms with van der Waals surface area (Å²) < 4.78 is 5.64. The Hall–Kier alpha value is -0.980. The molecule has 0 saturated heterocycles. The molecule has 1 aliphatic rings. The zero-order chi connectivity index (χ0) is 9.47. The lowest BCUT2D eigenvalue weighted by molar-refractivity contribution is 0.243. The van der Waals surface area contributed by atoms with Crippen LogP contribution in [0.15, 0.2) is 24.3 Å². The molecular formula is C12H16O. The van der Waals surface area contributed by atoms with Crippen molar-refractivity contribution in [2.45, 2.75) is 26.7 Å². The van der Waals surface area contributed by atoms with Crippen molar-refractivity contribution >= 4 is 0 Å². The molecule has 0 radical (unpaired) electrons. The molecule has 1 heterocycles. The van der Waals surface area contributed by atoms with E-state index in [1.807, 2.05) is 6.07 Å². The van der Waals surface area contributed by atoms with E-state index in [-0.39, 0.29) is 0 Å². The van der Waals surface area contributed by atoms with Gasteiger partial charge in [-0.15, -0.1) is 0 Å². The molecule has 1 heteroatoms. The summed E-state index contributed by atoms with van der Waals surface area (Å²) >= 11 is 0. The van der Waals surface area contributed by atoms with Crippen molar-refractivity contribution in [1.82, 2.24) is 0 Å². The average molecular weight is 176 g/mol. The first kappa shape index (κ1) is 8.61. The predicted octanol–water partition coefficient (Wildman–Crippen LogP) is 3.21. The lowest BCUT2D eigenvalue weighted by atomic mass is 9.78. The molecule has 2 rings (SSSR count). The molecule has 1 aliphatic heterocycles. The Morgan fingerprint density at radius 1 is 1.23 bits per heavy atom. The van der Waals surface area contributed by atoms with Gasteiger partial charge in [0.25, 0.3) is 0 Å². The fraction of sp³-hybridized carbons (Fsp3) is 0.500. The van der Waals surface area contributed by atoms with E-state index in [1.165, 1.54) is 5.56 Å². The summed E-state index contributed by atoms with van der Waals surface area (Å²) in [5, 5.41) is 0. The average Bonchev–Trinajstić information content (AvgIpc) is 2.45. The van der Waals surface area contributed by atoms with Crippen LogP contribution in [0.2, 0.25) is 0 Å². The van der Waals surface area contributed by atoms with Crippen molar-refractivity contribution < 1.29 is 4.74 Å². The van der Waals surface area contributed by atoms with E-state index >= 15 is 0 Å². The molecule has 0 aromatic heterocycles. The number of hydrogen-bond acceptors (Lipinski definition) is 1. The molecule has 0 bridgehead atoms. The molecule has 0 fully saturated rings. The predicted molar refractivity (Wildman–Crippen MR) is 54.1 cm³/mol. The van der Waals surface area contributed by atoms with E-state index in [4.69, 9.17) is 4.74 Å². The summed E-state index contributed by atoms with van der Waals surface area (Å²) in [6.07, 6.45) is 0. The van der Waals surface area contributed by atoms with Crippen molar-refractivity contribution in [3.63, 3.8) is 0 Å². The number of ether oxygens (including phenoxy) is 1. The van der Waals surface area contributed by atoms with Gasteiger partial charge in [0.2, 0.25) is 0 Å². The highest BCUT2D eigenvalue weighted by atomic mass is 16.5. The van der Waals surface area contributed by atoms with Crippen LogP contribution >= 0.6 is 0 Å². The van der Waals surface area contributed by atoms with Crippen molar-refractivity contribution in [3.8, 4) is 5.75 Å². The molecule has 0 amide bonds. The first-order valence-electron chi connectivity index (χ1n) is 4.81. The summed E-state index contributed by atoms with van der Waals surface area (Å²) in [4.78, 5) is 0. The van der Waals surface area contributed by atoms with Crippen LogP contribution in [0.1, 0.15) is 32.3 Å². The number of benzene rings is 1. The van der Waals surface area contributed by atoms with Crippen LogP contribution in [0.4, 0.5) is 0 Å². The van der Waals surface area contributed by atoms with Crippen LogP contribution < -0.4 is 4.74 Å². The van der Waals surface area contributed by atoms with Gasteiger partial charge in [0.15, 0.2) is 0 Å². The quantitative estimate of drug-likeness (QED) is 0.589. The smallest absolute Gasteiger partial charge is 0.122 e. The Kier molecular flexibility index (Phi) is 1.83. The van der Waals surface area contributed by atoms with Crippen molar-refractivity contribution in [3.05, 3.63) is 29.8 Å². The monoisotopic (exact) mass is 176 g/mol. The second kappa shape index (κ2) is 2.76. The highest BCUT2D eigenvalue weighted by molar-refractivity contribution is 5.40. The normalized spacial score (nSPS) is 21.0. The van der Waals surface area contributed by atoms with Gasteiger partial charge in [-0.3, -0.25) is 0 Å².